The van der Waals surface area contributed by atoms with E-state index in [1.807, 2.05) is 24.3 Å². The fourth-order valence-corrected chi connectivity index (χ4v) is 1.84. The first-order valence-electron chi connectivity index (χ1n) is 8.14. The summed E-state index contributed by atoms with van der Waals surface area (Å²) in [7, 11) is 0. The molecule has 0 bridgehead atoms. The molecule has 128 valence electrons. The number of carbonyl (C=O) groups is 1. The predicted molar refractivity (Wildman–Crippen MR) is 86.4 cm³/mol. The number of aliphatic hydroxyl groups is 1. The minimum Gasteiger partial charge on any atom is -0.465 e. The maximum atomic E-state index is 11.3. The van der Waals surface area contributed by atoms with Gasteiger partial charge in [0.05, 0.1) is 6.61 Å². The van der Waals surface area contributed by atoms with Crippen molar-refractivity contribution in [2.45, 2.75) is 64.4 Å². The highest BCUT2D eigenvalue weighted by atomic mass is 17.1. The average molecular weight is 314 g/mol. The van der Waals surface area contributed by atoms with Crippen LogP contribution in [0, 0.1) is 0 Å². The van der Waals surface area contributed by atoms with Gasteiger partial charge in [0.1, 0.15) is 6.10 Å². The van der Waals surface area contributed by atoms with Crippen molar-refractivity contribution in [3.05, 3.63) is 24.3 Å². The molecule has 0 saturated carbocycles. The Morgan fingerprint density at radius 3 is 2.68 bits per heavy atom. The molecular formula is C17H30O5. The summed E-state index contributed by atoms with van der Waals surface area (Å²) in [6.07, 6.45) is 13.5. The number of unbranched alkanes of at least 4 members (excludes halogenated alkanes) is 3. The zero-order chi connectivity index (χ0) is 16.5. The lowest BCUT2D eigenvalue weighted by atomic mass is 10.1. The lowest BCUT2D eigenvalue weighted by Gasteiger charge is -2.07. The van der Waals surface area contributed by atoms with Crippen LogP contribution in [0.1, 0.15) is 58.3 Å². The number of hydrogen-bond acceptors (Lipinski definition) is 5. The van der Waals surface area contributed by atoms with E-state index < -0.39 is 0 Å². The van der Waals surface area contributed by atoms with Gasteiger partial charge in [-0.1, -0.05) is 50.5 Å². The predicted octanol–water partition coefficient (Wildman–Crippen LogP) is 3.63. The summed E-state index contributed by atoms with van der Waals surface area (Å²) in [5.74, 6) is -0.220. The van der Waals surface area contributed by atoms with Crippen LogP contribution < -0.4 is 0 Å². The molecule has 0 spiro atoms. The average Bonchev–Trinajstić information content (AvgIpc) is 2.52. The van der Waals surface area contributed by atoms with Crippen molar-refractivity contribution in [1.29, 1.82) is 0 Å². The van der Waals surface area contributed by atoms with Gasteiger partial charge in [-0.3, -0.25) is 10.1 Å². The smallest absolute Gasteiger partial charge is 0.305 e. The molecule has 0 saturated heterocycles. The summed E-state index contributed by atoms with van der Waals surface area (Å²) in [4.78, 5) is 15.7. The van der Waals surface area contributed by atoms with Crippen LogP contribution in [0.3, 0.4) is 0 Å². The molecule has 0 unspecified atom stereocenters. The van der Waals surface area contributed by atoms with Gasteiger partial charge < -0.3 is 9.84 Å². The number of rotatable bonds is 14. The van der Waals surface area contributed by atoms with Crippen molar-refractivity contribution in [2.75, 3.05) is 13.2 Å². The second-order valence-corrected chi connectivity index (χ2v) is 5.14. The molecule has 0 aliphatic carbocycles. The van der Waals surface area contributed by atoms with Gasteiger partial charge in [-0.15, -0.1) is 0 Å². The highest BCUT2D eigenvalue weighted by molar-refractivity contribution is 5.69. The maximum Gasteiger partial charge on any atom is 0.305 e. The maximum absolute atomic E-state index is 11.3. The van der Waals surface area contributed by atoms with Gasteiger partial charge in [-0.2, -0.15) is 0 Å². The Bertz CT molecular complexity index is 312. The second-order valence-electron chi connectivity index (χ2n) is 5.14. The van der Waals surface area contributed by atoms with Gasteiger partial charge in [-0.05, 0) is 25.7 Å². The standard InChI is InChI=1S/C17H30O5/c1-2-3-6-11-16(22-20)12-7-4-5-10-15-21-17(19)13-8-9-14-18/h4-5,7,12,16,18,20H,2-3,6,8-11,13-15H2,1H3/b5-4-,12-7+/t16-/m0/s1. The van der Waals surface area contributed by atoms with Gasteiger partial charge >= 0.3 is 5.97 Å². The molecule has 0 rings (SSSR count). The van der Waals surface area contributed by atoms with E-state index in [0.717, 1.165) is 25.7 Å². The molecule has 0 radical (unpaired) electrons. The van der Waals surface area contributed by atoms with E-state index in [2.05, 4.69) is 11.8 Å². The van der Waals surface area contributed by atoms with Crippen molar-refractivity contribution < 1.29 is 24.8 Å². The highest BCUT2D eigenvalue weighted by Gasteiger charge is 2.03. The first-order valence-corrected chi connectivity index (χ1v) is 8.14. The number of esters is 1. The number of allylic oxidation sites excluding steroid dienone is 2. The largest absolute Gasteiger partial charge is 0.465 e. The zero-order valence-corrected chi connectivity index (χ0v) is 13.6. The van der Waals surface area contributed by atoms with Gasteiger partial charge in [0.15, 0.2) is 0 Å². The SMILES string of the molecule is CCCCC[C@@H](/C=C/C=C\CCOC(=O)CCCCO)OO. The quantitative estimate of drug-likeness (QED) is 0.168. The van der Waals surface area contributed by atoms with Crippen LogP contribution in [0.5, 0.6) is 0 Å². The molecule has 0 aromatic heterocycles. The third kappa shape index (κ3) is 13.8. The Labute approximate surface area is 133 Å². The van der Waals surface area contributed by atoms with Crippen molar-refractivity contribution >= 4 is 5.97 Å². The van der Waals surface area contributed by atoms with Crippen LogP contribution in [0.15, 0.2) is 24.3 Å². The van der Waals surface area contributed by atoms with E-state index in [1.54, 1.807) is 0 Å². The second kappa shape index (κ2) is 16.2. The van der Waals surface area contributed by atoms with E-state index in [4.69, 9.17) is 15.1 Å². The Kier molecular flexibility index (Phi) is 15.3. The van der Waals surface area contributed by atoms with Crippen LogP contribution in [-0.2, 0) is 14.4 Å². The van der Waals surface area contributed by atoms with Gasteiger partial charge in [0.25, 0.3) is 0 Å². The van der Waals surface area contributed by atoms with E-state index in [1.165, 1.54) is 0 Å². The molecule has 0 aliphatic rings. The molecule has 2 N–H and O–H groups in total. The molecule has 0 fully saturated rings. The topological polar surface area (TPSA) is 76.0 Å². The molecule has 22 heavy (non-hydrogen) atoms. The van der Waals surface area contributed by atoms with E-state index in [-0.39, 0.29) is 18.7 Å². The minimum atomic E-state index is -0.263. The van der Waals surface area contributed by atoms with E-state index in [9.17, 15) is 4.79 Å². The van der Waals surface area contributed by atoms with Crippen LogP contribution in [0.4, 0.5) is 0 Å². The summed E-state index contributed by atoms with van der Waals surface area (Å²) >= 11 is 0. The van der Waals surface area contributed by atoms with E-state index in [0.29, 0.717) is 32.3 Å². The lowest BCUT2D eigenvalue weighted by Crippen LogP contribution is -2.06. The Morgan fingerprint density at radius 2 is 2.00 bits per heavy atom. The number of aliphatic hydroxyl groups excluding tert-OH is 1. The highest BCUT2D eigenvalue weighted by Crippen LogP contribution is 2.07. The van der Waals surface area contributed by atoms with Gasteiger partial charge in [0.2, 0.25) is 0 Å². The third-order valence-electron chi connectivity index (χ3n) is 3.14. The molecule has 5 heteroatoms. The van der Waals surface area contributed by atoms with Gasteiger partial charge in [-0.25, -0.2) is 4.89 Å². The molecule has 0 amide bonds. The summed E-state index contributed by atoms with van der Waals surface area (Å²) in [5, 5.41) is 17.4. The summed E-state index contributed by atoms with van der Waals surface area (Å²) in [6.45, 7) is 2.60. The van der Waals surface area contributed by atoms with Crippen LogP contribution in [0.25, 0.3) is 0 Å². The number of ether oxygens (including phenoxy) is 1. The number of carbonyl (C=O) groups excluding carboxylic acids is 1. The normalized spacial score (nSPS) is 13.0. The van der Waals surface area contributed by atoms with Crippen LogP contribution in [0.2, 0.25) is 0 Å². The van der Waals surface area contributed by atoms with Gasteiger partial charge in [0, 0.05) is 13.0 Å². The lowest BCUT2D eigenvalue weighted by molar-refractivity contribution is -0.267. The molecular weight excluding hydrogens is 284 g/mol. The fraction of sp³-hybridized carbons (Fsp3) is 0.706. The Hall–Kier alpha value is -1.17. The van der Waals surface area contributed by atoms with Crippen LogP contribution in [-0.4, -0.2) is 35.7 Å². The Morgan fingerprint density at radius 1 is 1.18 bits per heavy atom. The molecule has 0 aliphatic heterocycles. The molecule has 0 heterocycles. The molecule has 0 aromatic carbocycles. The monoisotopic (exact) mass is 314 g/mol. The summed E-state index contributed by atoms with van der Waals surface area (Å²) < 4.78 is 5.04. The third-order valence-corrected chi connectivity index (χ3v) is 3.14. The van der Waals surface area contributed by atoms with Crippen molar-refractivity contribution in [1.82, 2.24) is 0 Å². The minimum absolute atomic E-state index is 0.110. The van der Waals surface area contributed by atoms with Crippen molar-refractivity contribution in [2.24, 2.45) is 0 Å². The van der Waals surface area contributed by atoms with Crippen molar-refractivity contribution in [3.63, 3.8) is 0 Å². The summed E-state index contributed by atoms with van der Waals surface area (Å²) in [6, 6.07) is 0. The zero-order valence-electron chi connectivity index (χ0n) is 13.6. The molecule has 1 atom stereocenters. The van der Waals surface area contributed by atoms with E-state index >= 15 is 0 Å². The fourth-order valence-electron chi connectivity index (χ4n) is 1.84. The first-order chi connectivity index (χ1) is 10.7. The number of hydrogen-bond donors (Lipinski definition) is 2. The first kappa shape index (κ1) is 20.8. The van der Waals surface area contributed by atoms with Crippen LogP contribution >= 0.6 is 0 Å². The molecule has 0 aromatic rings. The Balaban J connectivity index is 3.66. The molecule has 5 nitrogen and oxygen atoms in total. The summed E-state index contributed by atoms with van der Waals surface area (Å²) in [5.41, 5.74) is 0. The van der Waals surface area contributed by atoms with Crippen molar-refractivity contribution in [3.8, 4) is 0 Å².